The number of hydrogen-bond donors (Lipinski definition) is 0. The molecule has 0 radical (unpaired) electrons. The molecule has 0 spiro atoms. The molecule has 8 heteroatoms. The second kappa shape index (κ2) is 10.3. The normalized spacial score (nSPS) is 17.3. The Labute approximate surface area is 218 Å². The average Bonchev–Trinajstić information content (AvgIpc) is 3.26. The number of amides is 1. The van der Waals surface area contributed by atoms with Crippen LogP contribution in [-0.4, -0.2) is 33.5 Å². The zero-order valence-electron chi connectivity index (χ0n) is 20.0. The highest BCUT2D eigenvalue weighted by Gasteiger charge is 2.33. The lowest BCUT2D eigenvalue weighted by Gasteiger charge is -2.33. The van der Waals surface area contributed by atoms with Crippen molar-refractivity contribution >= 4 is 62.4 Å². The third kappa shape index (κ3) is 4.98. The van der Waals surface area contributed by atoms with Gasteiger partial charge >= 0.3 is 0 Å². The van der Waals surface area contributed by atoms with Crippen LogP contribution in [0.1, 0.15) is 30.7 Å². The van der Waals surface area contributed by atoms with Crippen molar-refractivity contribution in [3.63, 3.8) is 0 Å². The number of aromatic nitrogens is 2. The maximum absolute atomic E-state index is 13.6. The summed E-state index contributed by atoms with van der Waals surface area (Å²) >= 11 is 4.72. The summed E-state index contributed by atoms with van der Waals surface area (Å²) in [5, 5.41) is 2.70. The number of thioether (sulfide) groups is 2. The summed E-state index contributed by atoms with van der Waals surface area (Å²) in [6.07, 6.45) is 3.76. The molecule has 3 heterocycles. The Balaban J connectivity index is 1.49. The van der Waals surface area contributed by atoms with E-state index in [2.05, 4.69) is 13.8 Å². The Morgan fingerprint density at radius 1 is 1.09 bits per heavy atom. The Bertz CT molecular complexity index is 1300. The molecule has 0 saturated heterocycles. The maximum Gasteiger partial charge on any atom is 0.241 e. The maximum atomic E-state index is 13.6. The Kier molecular flexibility index (Phi) is 7.16. The molecule has 35 heavy (non-hydrogen) atoms. The van der Waals surface area contributed by atoms with Gasteiger partial charge in [0.25, 0.3) is 0 Å². The average molecular weight is 522 g/mol. The number of para-hydroxylation sites is 2. The molecule has 4 aromatic rings. The van der Waals surface area contributed by atoms with E-state index in [1.165, 1.54) is 34.0 Å². The van der Waals surface area contributed by atoms with E-state index < -0.39 is 0 Å². The van der Waals surface area contributed by atoms with Gasteiger partial charge in [-0.05, 0) is 49.4 Å². The molecular formula is C27H27N3O2S3. The van der Waals surface area contributed by atoms with Crippen molar-refractivity contribution < 1.29 is 9.53 Å². The van der Waals surface area contributed by atoms with Gasteiger partial charge in [-0.1, -0.05) is 66.8 Å². The first-order valence-electron chi connectivity index (χ1n) is 11.6. The molecule has 1 amide bonds. The molecule has 1 aliphatic heterocycles. The second-order valence-electron chi connectivity index (χ2n) is 8.66. The first-order chi connectivity index (χ1) is 17.0. The predicted molar refractivity (Wildman–Crippen MR) is 147 cm³/mol. The molecular weight excluding hydrogens is 495 g/mol. The summed E-state index contributed by atoms with van der Waals surface area (Å²) in [5.74, 6) is 0.284. The number of thiophene rings is 1. The summed E-state index contributed by atoms with van der Waals surface area (Å²) in [7, 11) is 0. The van der Waals surface area contributed by atoms with Crippen LogP contribution in [0.2, 0.25) is 0 Å². The van der Waals surface area contributed by atoms with Crippen LogP contribution in [0.15, 0.2) is 70.8 Å². The Morgan fingerprint density at radius 3 is 2.34 bits per heavy atom. The van der Waals surface area contributed by atoms with Gasteiger partial charge in [-0.25, -0.2) is 9.97 Å². The summed E-state index contributed by atoms with van der Waals surface area (Å²) in [5.41, 5.74) is 2.80. The van der Waals surface area contributed by atoms with E-state index in [9.17, 15) is 4.79 Å². The summed E-state index contributed by atoms with van der Waals surface area (Å²) in [6.45, 7) is 4.94. The molecule has 0 bridgehead atoms. The van der Waals surface area contributed by atoms with Crippen LogP contribution < -0.4 is 4.90 Å². The number of fused-ring (bicyclic) bond motifs is 3. The zero-order valence-corrected chi connectivity index (χ0v) is 22.4. The Hall–Kier alpha value is -2.39. The van der Waals surface area contributed by atoms with E-state index in [1.54, 1.807) is 16.2 Å². The number of rotatable bonds is 7. The smallest absolute Gasteiger partial charge is 0.241 e. The van der Waals surface area contributed by atoms with Gasteiger partial charge in [0.1, 0.15) is 9.86 Å². The number of carbonyl (C=O) groups is 1. The van der Waals surface area contributed by atoms with Crippen LogP contribution in [0.25, 0.3) is 10.2 Å². The molecule has 5 nitrogen and oxygen atoms in total. The predicted octanol–water partition coefficient (Wildman–Crippen LogP) is 7.11. The monoisotopic (exact) mass is 521 g/mol. The van der Waals surface area contributed by atoms with Crippen molar-refractivity contribution in [3.8, 4) is 0 Å². The van der Waals surface area contributed by atoms with E-state index in [0.717, 1.165) is 44.6 Å². The number of hydrogen-bond acceptors (Lipinski definition) is 7. The summed E-state index contributed by atoms with van der Waals surface area (Å²) in [4.78, 5) is 27.3. The minimum atomic E-state index is -0.186. The van der Waals surface area contributed by atoms with Gasteiger partial charge in [-0.3, -0.25) is 9.69 Å². The molecule has 0 saturated carbocycles. The standard InChI is InChI=1S/C27H27N3O2S3/c1-4-27(2)15-20-21(16-32-27)35-25-23(20)24(28-26(29-25)33-3)34-17-22(31)30(18-11-7-5-8-12-18)19-13-9-6-10-14-19/h5-14H,4,15-17H2,1-3H3/t27-/m1/s1. The van der Waals surface area contributed by atoms with Crippen molar-refractivity contribution in [3.05, 3.63) is 71.1 Å². The van der Waals surface area contributed by atoms with E-state index in [1.807, 2.05) is 66.9 Å². The number of anilines is 2. The molecule has 5 rings (SSSR count). The van der Waals surface area contributed by atoms with E-state index in [4.69, 9.17) is 14.7 Å². The quantitative estimate of drug-likeness (QED) is 0.147. The number of benzene rings is 2. The first-order valence-corrected chi connectivity index (χ1v) is 14.6. The van der Waals surface area contributed by atoms with E-state index in [-0.39, 0.29) is 17.3 Å². The lowest BCUT2D eigenvalue weighted by atomic mass is 9.90. The van der Waals surface area contributed by atoms with Crippen LogP contribution in [0.3, 0.4) is 0 Å². The summed E-state index contributed by atoms with van der Waals surface area (Å²) < 4.78 is 6.18. The van der Waals surface area contributed by atoms with Crippen molar-refractivity contribution in [2.24, 2.45) is 0 Å². The van der Waals surface area contributed by atoms with E-state index in [0.29, 0.717) is 6.61 Å². The molecule has 2 aromatic carbocycles. The number of carbonyl (C=O) groups excluding carboxylic acids is 1. The van der Waals surface area contributed by atoms with Gasteiger partial charge in [0.2, 0.25) is 5.91 Å². The van der Waals surface area contributed by atoms with Crippen LogP contribution in [-0.2, 0) is 22.6 Å². The molecule has 180 valence electrons. The fourth-order valence-electron chi connectivity index (χ4n) is 4.23. The molecule has 1 atom stereocenters. The topological polar surface area (TPSA) is 55.3 Å². The van der Waals surface area contributed by atoms with Gasteiger partial charge in [-0.2, -0.15) is 0 Å². The van der Waals surface area contributed by atoms with Gasteiger partial charge < -0.3 is 4.74 Å². The molecule has 0 aliphatic carbocycles. The highest BCUT2D eigenvalue weighted by Crippen LogP contribution is 2.43. The minimum Gasteiger partial charge on any atom is -0.369 e. The first kappa shape index (κ1) is 24.3. The molecule has 0 fully saturated rings. The summed E-state index contributed by atoms with van der Waals surface area (Å²) in [6, 6.07) is 19.6. The highest BCUT2D eigenvalue weighted by atomic mass is 32.2. The minimum absolute atomic E-state index is 0.00990. The van der Waals surface area contributed by atoms with Gasteiger partial charge in [-0.15, -0.1) is 11.3 Å². The third-order valence-corrected chi connectivity index (χ3v) is 8.93. The molecule has 1 aliphatic rings. The second-order valence-corrected chi connectivity index (χ2v) is 11.5. The fraction of sp³-hybridized carbons (Fsp3) is 0.296. The van der Waals surface area contributed by atoms with Crippen LogP contribution in [0.4, 0.5) is 11.4 Å². The van der Waals surface area contributed by atoms with Gasteiger partial charge in [0, 0.05) is 28.1 Å². The highest BCUT2D eigenvalue weighted by molar-refractivity contribution is 8.00. The lowest BCUT2D eigenvalue weighted by Crippen LogP contribution is -2.33. The Morgan fingerprint density at radius 2 is 1.74 bits per heavy atom. The van der Waals surface area contributed by atoms with Crippen LogP contribution in [0, 0.1) is 0 Å². The van der Waals surface area contributed by atoms with Gasteiger partial charge in [0.15, 0.2) is 5.16 Å². The molecule has 2 aromatic heterocycles. The van der Waals surface area contributed by atoms with Crippen LogP contribution >= 0.6 is 34.9 Å². The van der Waals surface area contributed by atoms with Crippen molar-refractivity contribution in [1.82, 2.24) is 9.97 Å². The van der Waals surface area contributed by atoms with E-state index >= 15 is 0 Å². The molecule has 0 N–H and O–H groups in total. The van der Waals surface area contributed by atoms with Gasteiger partial charge in [0.05, 0.1) is 18.0 Å². The van der Waals surface area contributed by atoms with Crippen molar-refractivity contribution in [2.75, 3.05) is 16.9 Å². The number of ether oxygens (including phenoxy) is 1. The van der Waals surface area contributed by atoms with Crippen molar-refractivity contribution in [2.45, 2.75) is 49.1 Å². The molecule has 0 unspecified atom stereocenters. The zero-order chi connectivity index (χ0) is 24.4. The van der Waals surface area contributed by atoms with Crippen molar-refractivity contribution in [1.29, 1.82) is 0 Å². The largest absolute Gasteiger partial charge is 0.369 e. The third-order valence-electron chi connectivity index (χ3n) is 6.32. The SMILES string of the molecule is CC[C@]1(C)Cc2c(sc3nc(SC)nc(SCC(=O)N(c4ccccc4)c4ccccc4)c23)CO1. The lowest BCUT2D eigenvalue weighted by molar-refractivity contribution is -0.115. The number of nitrogens with zero attached hydrogens (tertiary/aromatic N) is 3. The fourth-order valence-corrected chi connectivity index (χ4v) is 6.78. The van der Waals surface area contributed by atoms with Crippen LogP contribution in [0.5, 0.6) is 0 Å².